The summed E-state index contributed by atoms with van der Waals surface area (Å²) in [6.07, 6.45) is 2.95. The van der Waals surface area contributed by atoms with Crippen LogP contribution in [0.2, 0.25) is 0 Å². The van der Waals surface area contributed by atoms with Crippen molar-refractivity contribution in [2.75, 3.05) is 6.61 Å². The smallest absolute Gasteiger partial charge is 0.308 e. The van der Waals surface area contributed by atoms with Crippen LogP contribution in [0.3, 0.4) is 0 Å². The van der Waals surface area contributed by atoms with Crippen molar-refractivity contribution < 1.29 is 9.53 Å². The molecule has 3 heteroatoms. The molecule has 0 bridgehead atoms. The van der Waals surface area contributed by atoms with Crippen LogP contribution >= 0.6 is 22.6 Å². The van der Waals surface area contributed by atoms with Crippen LogP contribution < -0.4 is 0 Å². The van der Waals surface area contributed by atoms with Crippen LogP contribution in [0.1, 0.15) is 52.5 Å². The standard InChI is InChI=1S/C17H25IO2/c1-5-17(4,14-7-9-15(18)10-8-14)12-11-13(3)16(19)20-6-2/h7-10,13H,5-6,11-12H2,1-4H3. The summed E-state index contributed by atoms with van der Waals surface area (Å²) in [5, 5.41) is 0. The van der Waals surface area contributed by atoms with E-state index in [4.69, 9.17) is 4.74 Å². The van der Waals surface area contributed by atoms with Crippen LogP contribution in [0.15, 0.2) is 24.3 Å². The SMILES string of the molecule is CCOC(=O)C(C)CCC(C)(CC)c1ccc(I)cc1. The van der Waals surface area contributed by atoms with Gasteiger partial charge in [0.1, 0.15) is 0 Å². The van der Waals surface area contributed by atoms with Crippen molar-refractivity contribution in [3.63, 3.8) is 0 Å². The predicted octanol–water partition coefficient (Wildman–Crippen LogP) is 4.94. The molecule has 0 N–H and O–H groups in total. The largest absolute Gasteiger partial charge is 0.466 e. The summed E-state index contributed by atoms with van der Waals surface area (Å²) in [6.45, 7) is 8.78. The van der Waals surface area contributed by atoms with Gasteiger partial charge in [-0.1, -0.05) is 32.9 Å². The van der Waals surface area contributed by atoms with Gasteiger partial charge in [0.2, 0.25) is 0 Å². The topological polar surface area (TPSA) is 26.3 Å². The number of carbonyl (C=O) groups is 1. The Balaban J connectivity index is 2.70. The molecular weight excluding hydrogens is 363 g/mol. The van der Waals surface area contributed by atoms with Gasteiger partial charge >= 0.3 is 5.97 Å². The molecule has 0 aromatic heterocycles. The molecule has 112 valence electrons. The van der Waals surface area contributed by atoms with Crippen LogP contribution in [0.4, 0.5) is 0 Å². The highest BCUT2D eigenvalue weighted by Crippen LogP contribution is 2.34. The maximum Gasteiger partial charge on any atom is 0.308 e. The molecule has 0 aliphatic rings. The third kappa shape index (κ3) is 4.76. The molecule has 0 radical (unpaired) electrons. The van der Waals surface area contributed by atoms with Crippen LogP contribution in [0, 0.1) is 9.49 Å². The molecule has 0 saturated carbocycles. The van der Waals surface area contributed by atoms with Gasteiger partial charge in [-0.15, -0.1) is 0 Å². The quantitative estimate of drug-likeness (QED) is 0.489. The maximum absolute atomic E-state index is 11.7. The highest BCUT2D eigenvalue weighted by molar-refractivity contribution is 14.1. The summed E-state index contributed by atoms with van der Waals surface area (Å²) in [5.74, 6) is -0.0989. The number of rotatable bonds is 7. The molecule has 0 heterocycles. The molecule has 2 unspecified atom stereocenters. The van der Waals surface area contributed by atoms with E-state index in [1.807, 2.05) is 13.8 Å². The monoisotopic (exact) mass is 388 g/mol. The summed E-state index contributed by atoms with van der Waals surface area (Å²) < 4.78 is 6.34. The summed E-state index contributed by atoms with van der Waals surface area (Å²) >= 11 is 2.33. The zero-order chi connectivity index (χ0) is 15.2. The van der Waals surface area contributed by atoms with Crippen LogP contribution in [0.5, 0.6) is 0 Å². The van der Waals surface area contributed by atoms with Gasteiger partial charge in [0.15, 0.2) is 0 Å². The lowest BCUT2D eigenvalue weighted by atomic mass is 9.75. The first-order valence-electron chi connectivity index (χ1n) is 7.35. The number of carbonyl (C=O) groups excluding carboxylic acids is 1. The number of benzene rings is 1. The van der Waals surface area contributed by atoms with Crippen LogP contribution in [-0.2, 0) is 14.9 Å². The van der Waals surface area contributed by atoms with E-state index < -0.39 is 0 Å². The molecule has 0 aliphatic heterocycles. The Morgan fingerprint density at radius 3 is 2.40 bits per heavy atom. The fourth-order valence-corrected chi connectivity index (χ4v) is 2.67. The molecule has 0 amide bonds. The first-order valence-corrected chi connectivity index (χ1v) is 8.43. The molecule has 1 aromatic rings. The van der Waals surface area contributed by atoms with Gasteiger partial charge < -0.3 is 4.74 Å². The number of halogens is 1. The summed E-state index contributed by atoms with van der Waals surface area (Å²) in [4.78, 5) is 11.7. The Hall–Kier alpha value is -0.580. The zero-order valence-corrected chi connectivity index (χ0v) is 15.1. The number of hydrogen-bond donors (Lipinski definition) is 0. The Morgan fingerprint density at radius 1 is 1.30 bits per heavy atom. The van der Waals surface area contributed by atoms with Crippen molar-refractivity contribution in [2.45, 2.75) is 52.4 Å². The third-order valence-corrected chi connectivity index (χ3v) is 4.86. The van der Waals surface area contributed by atoms with E-state index in [9.17, 15) is 4.79 Å². The minimum atomic E-state index is -0.0754. The first kappa shape index (κ1) is 17.5. The molecule has 2 atom stereocenters. The Kier molecular flexibility index (Phi) is 7.00. The molecule has 0 aliphatic carbocycles. The molecular formula is C17H25IO2. The van der Waals surface area contributed by atoms with Gasteiger partial charge in [-0.05, 0) is 71.9 Å². The van der Waals surface area contributed by atoms with E-state index in [2.05, 4.69) is 60.7 Å². The van der Waals surface area contributed by atoms with E-state index >= 15 is 0 Å². The maximum atomic E-state index is 11.7. The second-order valence-electron chi connectivity index (χ2n) is 5.61. The fraction of sp³-hybridized carbons (Fsp3) is 0.588. The normalized spacial score (nSPS) is 15.4. The number of esters is 1. The Bertz CT molecular complexity index is 427. The average Bonchev–Trinajstić information content (AvgIpc) is 2.45. The van der Waals surface area contributed by atoms with Crippen molar-refractivity contribution >= 4 is 28.6 Å². The third-order valence-electron chi connectivity index (χ3n) is 4.14. The van der Waals surface area contributed by atoms with Crippen LogP contribution in [-0.4, -0.2) is 12.6 Å². The second-order valence-corrected chi connectivity index (χ2v) is 6.86. The van der Waals surface area contributed by atoms with E-state index in [0.29, 0.717) is 6.61 Å². The van der Waals surface area contributed by atoms with Gasteiger partial charge in [0.05, 0.1) is 12.5 Å². The summed E-state index contributed by atoms with van der Waals surface area (Å²) in [5.41, 5.74) is 1.49. The molecule has 1 aromatic carbocycles. The van der Waals surface area contributed by atoms with Crippen molar-refractivity contribution in [1.29, 1.82) is 0 Å². The molecule has 0 saturated heterocycles. The molecule has 0 spiro atoms. The van der Waals surface area contributed by atoms with Crippen molar-refractivity contribution in [1.82, 2.24) is 0 Å². The van der Waals surface area contributed by atoms with Crippen molar-refractivity contribution in [2.24, 2.45) is 5.92 Å². The van der Waals surface area contributed by atoms with Crippen molar-refractivity contribution in [3.8, 4) is 0 Å². The second kappa shape index (κ2) is 8.01. The Morgan fingerprint density at radius 2 is 1.90 bits per heavy atom. The minimum Gasteiger partial charge on any atom is -0.466 e. The molecule has 1 rings (SSSR count). The average molecular weight is 388 g/mol. The zero-order valence-electron chi connectivity index (χ0n) is 12.9. The van der Waals surface area contributed by atoms with E-state index in [0.717, 1.165) is 19.3 Å². The van der Waals surface area contributed by atoms with E-state index in [1.54, 1.807) is 0 Å². The minimum absolute atomic E-state index is 0.0235. The fourth-order valence-electron chi connectivity index (χ4n) is 2.31. The lowest BCUT2D eigenvalue weighted by Gasteiger charge is -2.30. The lowest BCUT2D eigenvalue weighted by molar-refractivity contribution is -0.147. The highest BCUT2D eigenvalue weighted by Gasteiger charge is 2.26. The van der Waals surface area contributed by atoms with Gasteiger partial charge in [-0.25, -0.2) is 0 Å². The highest BCUT2D eigenvalue weighted by atomic mass is 127. The molecule has 0 fully saturated rings. The van der Waals surface area contributed by atoms with Gasteiger partial charge in [0, 0.05) is 3.57 Å². The van der Waals surface area contributed by atoms with E-state index in [1.165, 1.54) is 9.13 Å². The lowest BCUT2D eigenvalue weighted by Crippen LogP contribution is -2.24. The molecule has 2 nitrogen and oxygen atoms in total. The predicted molar refractivity (Wildman–Crippen MR) is 91.8 cm³/mol. The summed E-state index contributed by atoms with van der Waals surface area (Å²) in [6, 6.07) is 8.72. The Labute approximate surface area is 136 Å². The molecule has 20 heavy (non-hydrogen) atoms. The van der Waals surface area contributed by atoms with Gasteiger partial charge in [-0.3, -0.25) is 4.79 Å². The first-order chi connectivity index (χ1) is 9.42. The van der Waals surface area contributed by atoms with Gasteiger partial charge in [-0.2, -0.15) is 0 Å². The summed E-state index contributed by atoms with van der Waals surface area (Å²) in [7, 11) is 0. The van der Waals surface area contributed by atoms with Crippen molar-refractivity contribution in [3.05, 3.63) is 33.4 Å². The van der Waals surface area contributed by atoms with E-state index in [-0.39, 0.29) is 17.3 Å². The number of hydrogen-bond acceptors (Lipinski definition) is 2. The number of ether oxygens (including phenoxy) is 1. The van der Waals surface area contributed by atoms with Gasteiger partial charge in [0.25, 0.3) is 0 Å². The van der Waals surface area contributed by atoms with Crippen LogP contribution in [0.25, 0.3) is 0 Å².